The molecule has 24 heavy (non-hydrogen) atoms. The summed E-state index contributed by atoms with van der Waals surface area (Å²) in [6.07, 6.45) is 4.25. The number of H-pyrrole nitrogens is 1. The summed E-state index contributed by atoms with van der Waals surface area (Å²) in [7, 11) is 0. The largest absolute Gasteiger partial charge is 0.354 e. The van der Waals surface area contributed by atoms with Gasteiger partial charge in [-0.1, -0.05) is 30.3 Å². The minimum absolute atomic E-state index is 0.430. The van der Waals surface area contributed by atoms with E-state index in [0.717, 1.165) is 37.4 Å². The van der Waals surface area contributed by atoms with Gasteiger partial charge in [0, 0.05) is 30.3 Å². The second-order valence-electron chi connectivity index (χ2n) is 6.38. The second kappa shape index (κ2) is 6.43. The average molecular weight is 319 g/mol. The van der Waals surface area contributed by atoms with E-state index in [1.54, 1.807) is 0 Å². The fraction of sp³-hybridized carbons (Fsp3) is 0.316. The van der Waals surface area contributed by atoms with E-state index in [-0.39, 0.29) is 0 Å². The number of aromatic amines is 1. The van der Waals surface area contributed by atoms with Gasteiger partial charge in [0.2, 0.25) is 0 Å². The third-order valence-electron chi connectivity index (χ3n) is 4.69. The van der Waals surface area contributed by atoms with Gasteiger partial charge in [-0.05, 0) is 37.5 Å². The van der Waals surface area contributed by atoms with Gasteiger partial charge in [-0.15, -0.1) is 5.10 Å². The van der Waals surface area contributed by atoms with E-state index in [4.69, 9.17) is 0 Å². The van der Waals surface area contributed by atoms with Crippen LogP contribution < -0.4 is 4.90 Å². The van der Waals surface area contributed by atoms with Gasteiger partial charge in [-0.25, -0.2) is 0 Å². The Kier molecular flexibility index (Phi) is 3.99. The molecule has 3 heterocycles. The first-order chi connectivity index (χ1) is 11.8. The lowest BCUT2D eigenvalue weighted by Crippen LogP contribution is -2.35. The molecule has 0 bridgehead atoms. The van der Waals surface area contributed by atoms with Crippen LogP contribution in [0.5, 0.6) is 0 Å². The smallest absolute Gasteiger partial charge is 0.151 e. The van der Waals surface area contributed by atoms with Crippen LogP contribution in [0.25, 0.3) is 11.1 Å². The van der Waals surface area contributed by atoms with Gasteiger partial charge in [0.05, 0.1) is 11.9 Å². The van der Waals surface area contributed by atoms with Crippen LogP contribution in [0.4, 0.5) is 5.82 Å². The number of nitrogens with one attached hydrogen (secondary N) is 1. The first kappa shape index (κ1) is 14.9. The molecule has 2 aromatic heterocycles. The van der Waals surface area contributed by atoms with Crippen LogP contribution in [0.2, 0.25) is 0 Å². The topological polar surface area (TPSA) is 57.7 Å². The zero-order valence-electron chi connectivity index (χ0n) is 13.8. The molecule has 122 valence electrons. The second-order valence-corrected chi connectivity index (χ2v) is 6.38. The van der Waals surface area contributed by atoms with Crippen molar-refractivity contribution in [1.82, 2.24) is 20.4 Å². The molecule has 1 atom stereocenters. The number of hydrogen-bond donors (Lipinski definition) is 1. The Morgan fingerprint density at radius 1 is 1.08 bits per heavy atom. The summed E-state index contributed by atoms with van der Waals surface area (Å²) in [6, 6.07) is 14.6. The molecule has 0 aliphatic carbocycles. The maximum atomic E-state index is 4.35. The van der Waals surface area contributed by atoms with E-state index in [0.29, 0.717) is 5.92 Å². The van der Waals surface area contributed by atoms with Crippen LogP contribution in [0.1, 0.15) is 30.1 Å². The van der Waals surface area contributed by atoms with Gasteiger partial charge in [0.15, 0.2) is 5.82 Å². The molecule has 5 heteroatoms. The van der Waals surface area contributed by atoms with Gasteiger partial charge in [-0.3, -0.25) is 5.10 Å². The molecular weight excluding hydrogens is 298 g/mol. The number of aryl methyl sites for hydroxylation is 1. The van der Waals surface area contributed by atoms with Gasteiger partial charge in [0.1, 0.15) is 0 Å². The summed E-state index contributed by atoms with van der Waals surface area (Å²) in [5.41, 5.74) is 4.60. The molecule has 1 aliphatic heterocycles. The molecule has 4 rings (SSSR count). The maximum absolute atomic E-state index is 4.35. The molecule has 1 saturated heterocycles. The summed E-state index contributed by atoms with van der Waals surface area (Å²) in [6.45, 7) is 3.94. The van der Waals surface area contributed by atoms with Crippen LogP contribution >= 0.6 is 0 Å². The number of hydrogen-bond acceptors (Lipinski definition) is 4. The summed E-state index contributed by atoms with van der Waals surface area (Å²) in [5, 5.41) is 16.1. The summed E-state index contributed by atoms with van der Waals surface area (Å²) < 4.78 is 0. The van der Waals surface area contributed by atoms with E-state index in [2.05, 4.69) is 55.6 Å². The van der Waals surface area contributed by atoms with Crippen molar-refractivity contribution in [2.45, 2.75) is 25.7 Å². The van der Waals surface area contributed by atoms with Crippen molar-refractivity contribution in [3.63, 3.8) is 0 Å². The van der Waals surface area contributed by atoms with Gasteiger partial charge in [-0.2, -0.15) is 10.2 Å². The molecule has 1 aliphatic rings. The van der Waals surface area contributed by atoms with Crippen LogP contribution in [0, 0.1) is 6.92 Å². The molecule has 0 unspecified atom stereocenters. The Morgan fingerprint density at radius 3 is 2.75 bits per heavy atom. The Morgan fingerprint density at radius 2 is 1.96 bits per heavy atom. The van der Waals surface area contributed by atoms with E-state index < -0.39 is 0 Å². The van der Waals surface area contributed by atoms with Crippen molar-refractivity contribution in [3.05, 3.63) is 60.0 Å². The fourth-order valence-corrected chi connectivity index (χ4v) is 3.44. The number of benzene rings is 1. The van der Waals surface area contributed by atoms with Crippen molar-refractivity contribution < 1.29 is 0 Å². The van der Waals surface area contributed by atoms with Crippen LogP contribution in [0.15, 0.2) is 48.7 Å². The molecule has 5 nitrogen and oxygen atoms in total. The minimum atomic E-state index is 0.430. The van der Waals surface area contributed by atoms with Crippen molar-refractivity contribution in [2.24, 2.45) is 0 Å². The lowest BCUT2D eigenvalue weighted by Gasteiger charge is -2.33. The Bertz CT molecular complexity index is 794. The predicted octanol–water partition coefficient (Wildman–Crippen LogP) is 3.56. The standard InChI is InChI=1S/C19H21N5/c1-14-9-10-18(22-21-14)24-11-5-8-16(13-24)19-17(12-20-23-19)15-6-3-2-4-7-15/h2-4,6-7,9-10,12,16H,5,8,11,13H2,1H3,(H,20,23)/t16-/m0/s1. The van der Waals surface area contributed by atoms with Crippen molar-refractivity contribution in [1.29, 1.82) is 0 Å². The lowest BCUT2D eigenvalue weighted by atomic mass is 9.90. The maximum Gasteiger partial charge on any atom is 0.151 e. The highest BCUT2D eigenvalue weighted by atomic mass is 15.3. The average Bonchev–Trinajstić information content (AvgIpc) is 3.13. The SMILES string of the molecule is Cc1ccc(N2CCC[C@H](c3[nH]ncc3-c3ccccc3)C2)nn1. The molecule has 0 saturated carbocycles. The van der Waals surface area contributed by atoms with E-state index in [1.165, 1.54) is 16.8 Å². The minimum Gasteiger partial charge on any atom is -0.354 e. The third-order valence-corrected chi connectivity index (χ3v) is 4.69. The molecule has 1 fully saturated rings. The normalized spacial score (nSPS) is 17.9. The van der Waals surface area contributed by atoms with E-state index in [1.807, 2.05) is 25.3 Å². The van der Waals surface area contributed by atoms with Crippen LogP contribution in [-0.4, -0.2) is 33.5 Å². The zero-order valence-corrected chi connectivity index (χ0v) is 13.8. The van der Waals surface area contributed by atoms with Crippen molar-refractivity contribution >= 4 is 5.82 Å². The van der Waals surface area contributed by atoms with E-state index >= 15 is 0 Å². The number of anilines is 1. The number of nitrogens with zero attached hydrogens (tertiary/aromatic N) is 4. The third kappa shape index (κ3) is 2.89. The van der Waals surface area contributed by atoms with Crippen LogP contribution in [-0.2, 0) is 0 Å². The highest BCUT2D eigenvalue weighted by Crippen LogP contribution is 2.33. The zero-order chi connectivity index (χ0) is 16.4. The van der Waals surface area contributed by atoms with Gasteiger partial charge < -0.3 is 4.90 Å². The number of aromatic nitrogens is 4. The first-order valence-corrected chi connectivity index (χ1v) is 8.45. The summed E-state index contributed by atoms with van der Waals surface area (Å²) >= 11 is 0. The lowest BCUT2D eigenvalue weighted by molar-refractivity contribution is 0.497. The summed E-state index contributed by atoms with van der Waals surface area (Å²) in [4.78, 5) is 2.33. The number of rotatable bonds is 3. The molecule has 3 aromatic rings. The highest BCUT2D eigenvalue weighted by molar-refractivity contribution is 5.66. The summed E-state index contributed by atoms with van der Waals surface area (Å²) in [5.74, 6) is 1.39. The Balaban J connectivity index is 1.59. The molecule has 1 N–H and O–H groups in total. The molecule has 1 aromatic carbocycles. The quantitative estimate of drug-likeness (QED) is 0.802. The number of piperidine rings is 1. The highest BCUT2D eigenvalue weighted by Gasteiger charge is 2.26. The van der Waals surface area contributed by atoms with Crippen molar-refractivity contribution in [3.8, 4) is 11.1 Å². The van der Waals surface area contributed by atoms with Crippen LogP contribution in [0.3, 0.4) is 0 Å². The van der Waals surface area contributed by atoms with Gasteiger partial charge >= 0.3 is 0 Å². The van der Waals surface area contributed by atoms with Gasteiger partial charge in [0.25, 0.3) is 0 Å². The predicted molar refractivity (Wildman–Crippen MR) is 95.0 cm³/mol. The van der Waals surface area contributed by atoms with Crippen molar-refractivity contribution in [2.75, 3.05) is 18.0 Å². The monoisotopic (exact) mass is 319 g/mol. The Labute approximate surface area is 141 Å². The Hall–Kier alpha value is -2.69. The molecular formula is C19H21N5. The molecule has 0 radical (unpaired) electrons. The fourth-order valence-electron chi connectivity index (χ4n) is 3.44. The first-order valence-electron chi connectivity index (χ1n) is 8.45. The van der Waals surface area contributed by atoms with E-state index in [9.17, 15) is 0 Å². The molecule has 0 amide bonds. The molecule has 0 spiro atoms.